The van der Waals surface area contributed by atoms with Crippen LogP contribution in [0, 0.1) is 0 Å². The number of ether oxygens (including phenoxy) is 2. The molecule has 0 unspecified atom stereocenters. The summed E-state index contributed by atoms with van der Waals surface area (Å²) in [5, 5.41) is 0. The maximum Gasteiger partial charge on any atom is 0.319 e. The van der Waals surface area contributed by atoms with Gasteiger partial charge >= 0.3 is 6.01 Å². The van der Waals surface area contributed by atoms with Gasteiger partial charge in [0.15, 0.2) is 5.82 Å². The second kappa shape index (κ2) is 6.91. The maximum absolute atomic E-state index is 6.09. The third-order valence-electron chi connectivity index (χ3n) is 4.15. The van der Waals surface area contributed by atoms with Gasteiger partial charge in [-0.15, -0.1) is 0 Å². The fourth-order valence-electron chi connectivity index (χ4n) is 2.70. The fourth-order valence-corrected chi connectivity index (χ4v) is 2.70. The van der Waals surface area contributed by atoms with Crippen molar-refractivity contribution in [3.63, 3.8) is 0 Å². The molecule has 0 saturated carbocycles. The zero-order chi connectivity index (χ0) is 18.8. The molecule has 4 rings (SSSR count). The van der Waals surface area contributed by atoms with E-state index in [1.54, 1.807) is 19.6 Å². The van der Waals surface area contributed by atoms with E-state index in [0.717, 1.165) is 22.7 Å². The van der Waals surface area contributed by atoms with Gasteiger partial charge in [0.05, 0.1) is 36.5 Å². The number of hydrogen-bond donors (Lipinski definition) is 1. The van der Waals surface area contributed by atoms with Crippen molar-refractivity contribution < 1.29 is 9.47 Å². The van der Waals surface area contributed by atoms with E-state index in [4.69, 9.17) is 15.2 Å². The molecule has 4 aromatic rings. The van der Waals surface area contributed by atoms with E-state index in [1.165, 1.54) is 0 Å². The Morgan fingerprint density at radius 1 is 1.04 bits per heavy atom. The van der Waals surface area contributed by atoms with E-state index in [2.05, 4.69) is 19.9 Å². The van der Waals surface area contributed by atoms with Crippen molar-refractivity contribution in [2.24, 2.45) is 7.05 Å². The van der Waals surface area contributed by atoms with Gasteiger partial charge in [0.2, 0.25) is 0 Å². The van der Waals surface area contributed by atoms with Gasteiger partial charge in [-0.25, -0.2) is 9.97 Å². The Balaban J connectivity index is 1.58. The number of methoxy groups -OCH3 is 1. The molecule has 0 aliphatic carbocycles. The summed E-state index contributed by atoms with van der Waals surface area (Å²) in [6.07, 6.45) is 3.47. The third-order valence-corrected chi connectivity index (χ3v) is 4.15. The molecule has 0 spiro atoms. The number of rotatable bonds is 5. The quantitative estimate of drug-likeness (QED) is 0.582. The van der Waals surface area contributed by atoms with Gasteiger partial charge in [-0.2, -0.15) is 9.97 Å². The number of aromatic nitrogens is 5. The fraction of sp³-hybridized carbons (Fsp3) is 0.158. The van der Waals surface area contributed by atoms with Crippen LogP contribution in [0.3, 0.4) is 0 Å². The third kappa shape index (κ3) is 3.37. The van der Waals surface area contributed by atoms with Crippen LogP contribution in [-0.2, 0) is 13.7 Å². The van der Waals surface area contributed by atoms with Crippen LogP contribution in [0.2, 0.25) is 0 Å². The Kier molecular flexibility index (Phi) is 4.29. The minimum atomic E-state index is 0.214. The molecule has 0 fully saturated rings. The second-order valence-electron chi connectivity index (χ2n) is 5.98. The first kappa shape index (κ1) is 16.8. The van der Waals surface area contributed by atoms with Crippen LogP contribution in [0.25, 0.3) is 22.4 Å². The van der Waals surface area contributed by atoms with Gasteiger partial charge in [0.25, 0.3) is 0 Å². The van der Waals surface area contributed by atoms with Gasteiger partial charge in [-0.05, 0) is 29.8 Å². The zero-order valence-corrected chi connectivity index (χ0v) is 15.0. The van der Waals surface area contributed by atoms with Crippen molar-refractivity contribution in [1.82, 2.24) is 24.5 Å². The summed E-state index contributed by atoms with van der Waals surface area (Å²) >= 11 is 0. The molecule has 0 atom stereocenters. The number of nitrogens with zero attached hydrogens (tertiary/aromatic N) is 5. The molecule has 3 aromatic heterocycles. The highest BCUT2D eigenvalue weighted by atomic mass is 16.5. The molecule has 136 valence electrons. The highest BCUT2D eigenvalue weighted by molar-refractivity contribution is 5.86. The molecular weight excluding hydrogens is 344 g/mol. The van der Waals surface area contributed by atoms with Crippen molar-refractivity contribution in [3.8, 4) is 23.1 Å². The number of aryl methyl sites for hydroxylation is 1. The molecule has 0 amide bonds. The zero-order valence-electron chi connectivity index (χ0n) is 15.0. The van der Waals surface area contributed by atoms with Crippen molar-refractivity contribution >= 4 is 16.9 Å². The normalized spacial score (nSPS) is 10.9. The Labute approximate surface area is 155 Å². The lowest BCUT2D eigenvalue weighted by Crippen LogP contribution is -2.04. The van der Waals surface area contributed by atoms with Crippen LogP contribution in [0.4, 0.5) is 5.82 Å². The predicted molar refractivity (Wildman–Crippen MR) is 101 cm³/mol. The minimum Gasteiger partial charge on any atom is -0.497 e. The molecule has 3 heterocycles. The SMILES string of the molecule is COc1ccc(COc2nc(N)c3nc(-c4cncn4C)ccc3n2)cc1. The molecule has 0 bridgehead atoms. The van der Waals surface area contributed by atoms with E-state index in [-0.39, 0.29) is 11.8 Å². The summed E-state index contributed by atoms with van der Waals surface area (Å²) in [4.78, 5) is 17.3. The molecule has 2 N–H and O–H groups in total. The van der Waals surface area contributed by atoms with Crippen molar-refractivity contribution in [2.75, 3.05) is 12.8 Å². The summed E-state index contributed by atoms with van der Waals surface area (Å²) in [6.45, 7) is 0.329. The molecule has 0 saturated heterocycles. The Morgan fingerprint density at radius 3 is 2.56 bits per heavy atom. The molecule has 0 aliphatic heterocycles. The number of fused-ring (bicyclic) bond motifs is 1. The first-order valence-electron chi connectivity index (χ1n) is 8.31. The van der Waals surface area contributed by atoms with E-state index in [9.17, 15) is 0 Å². The van der Waals surface area contributed by atoms with E-state index < -0.39 is 0 Å². The van der Waals surface area contributed by atoms with Crippen LogP contribution < -0.4 is 15.2 Å². The van der Waals surface area contributed by atoms with Crippen molar-refractivity contribution in [3.05, 3.63) is 54.5 Å². The Morgan fingerprint density at radius 2 is 1.85 bits per heavy atom. The topological polar surface area (TPSA) is 101 Å². The van der Waals surface area contributed by atoms with Gasteiger partial charge < -0.3 is 19.8 Å². The standard InChI is InChI=1S/C19H18N6O2/c1-25-11-21-9-16(25)14-7-8-15-17(22-14)18(20)24-19(23-15)27-10-12-3-5-13(26-2)6-4-12/h3-9,11H,10H2,1-2H3,(H2,20,23,24). The average molecular weight is 362 g/mol. The average Bonchev–Trinajstić information content (AvgIpc) is 3.12. The van der Waals surface area contributed by atoms with Gasteiger partial charge in [0.1, 0.15) is 17.9 Å². The van der Waals surface area contributed by atoms with Gasteiger partial charge in [-0.1, -0.05) is 12.1 Å². The molecule has 0 aliphatic rings. The maximum atomic E-state index is 6.09. The van der Waals surface area contributed by atoms with Crippen LogP contribution >= 0.6 is 0 Å². The summed E-state index contributed by atoms with van der Waals surface area (Å²) in [7, 11) is 3.54. The lowest BCUT2D eigenvalue weighted by atomic mass is 10.2. The second-order valence-corrected chi connectivity index (χ2v) is 5.98. The van der Waals surface area contributed by atoms with Crippen LogP contribution in [0.15, 0.2) is 48.9 Å². The van der Waals surface area contributed by atoms with E-state index in [0.29, 0.717) is 17.6 Å². The number of benzene rings is 1. The first-order chi connectivity index (χ1) is 13.1. The number of pyridine rings is 1. The van der Waals surface area contributed by atoms with Crippen LogP contribution in [0.5, 0.6) is 11.8 Å². The Bertz CT molecular complexity index is 1090. The highest BCUT2D eigenvalue weighted by Crippen LogP contribution is 2.24. The smallest absolute Gasteiger partial charge is 0.319 e. The summed E-state index contributed by atoms with van der Waals surface area (Å²) < 4.78 is 12.7. The number of imidazole rings is 1. The van der Waals surface area contributed by atoms with E-state index in [1.807, 2.05) is 48.0 Å². The first-order valence-corrected chi connectivity index (χ1v) is 8.31. The van der Waals surface area contributed by atoms with Crippen molar-refractivity contribution in [1.29, 1.82) is 0 Å². The number of anilines is 1. The van der Waals surface area contributed by atoms with Crippen LogP contribution in [-0.4, -0.2) is 31.6 Å². The molecular formula is C19H18N6O2. The summed E-state index contributed by atoms with van der Waals surface area (Å²) in [5.74, 6) is 1.06. The molecule has 0 radical (unpaired) electrons. The minimum absolute atomic E-state index is 0.214. The number of nitrogens with two attached hydrogens (primary N) is 1. The van der Waals surface area contributed by atoms with Crippen LogP contribution in [0.1, 0.15) is 5.56 Å². The van der Waals surface area contributed by atoms with Gasteiger partial charge in [0, 0.05) is 7.05 Å². The molecule has 8 nitrogen and oxygen atoms in total. The number of hydrogen-bond acceptors (Lipinski definition) is 7. The highest BCUT2D eigenvalue weighted by Gasteiger charge is 2.11. The van der Waals surface area contributed by atoms with Crippen molar-refractivity contribution in [2.45, 2.75) is 6.61 Å². The molecule has 8 heteroatoms. The molecule has 1 aromatic carbocycles. The van der Waals surface area contributed by atoms with Gasteiger partial charge in [-0.3, -0.25) is 0 Å². The lowest BCUT2D eigenvalue weighted by Gasteiger charge is -2.09. The number of nitrogen functional groups attached to an aromatic ring is 1. The summed E-state index contributed by atoms with van der Waals surface area (Å²) in [6, 6.07) is 11.5. The summed E-state index contributed by atoms with van der Waals surface area (Å²) in [5.41, 5.74) is 9.86. The molecule has 27 heavy (non-hydrogen) atoms. The van der Waals surface area contributed by atoms with E-state index >= 15 is 0 Å². The lowest BCUT2D eigenvalue weighted by molar-refractivity contribution is 0.282. The monoisotopic (exact) mass is 362 g/mol. The largest absolute Gasteiger partial charge is 0.497 e. The Hall–Kier alpha value is -3.68. The predicted octanol–water partition coefficient (Wildman–Crippen LogP) is 2.60.